The van der Waals surface area contributed by atoms with Crippen LogP contribution in [0.15, 0.2) is 18.2 Å². The zero-order valence-electron chi connectivity index (χ0n) is 17.0. The number of phenols is 1. The summed E-state index contributed by atoms with van der Waals surface area (Å²) in [6.07, 6.45) is 1.03. The van der Waals surface area contributed by atoms with Gasteiger partial charge in [0.2, 0.25) is 11.6 Å². The van der Waals surface area contributed by atoms with Crippen molar-refractivity contribution in [3.8, 4) is 17.2 Å². The lowest BCUT2D eigenvalue weighted by Crippen LogP contribution is -2.08. The third kappa shape index (κ3) is 5.64. The lowest BCUT2D eigenvalue weighted by molar-refractivity contribution is 0.0965. The Morgan fingerprint density at radius 3 is 2.13 bits per heavy atom. The minimum absolute atomic E-state index is 0.116. The van der Waals surface area contributed by atoms with E-state index in [0.29, 0.717) is 30.6 Å². The van der Waals surface area contributed by atoms with Crippen LogP contribution in [0.2, 0.25) is 0 Å². The van der Waals surface area contributed by atoms with Crippen LogP contribution in [0.3, 0.4) is 0 Å². The Morgan fingerprint density at radius 2 is 1.57 bits per heavy atom. The Labute approximate surface area is 172 Å². The molecule has 0 saturated carbocycles. The van der Waals surface area contributed by atoms with Gasteiger partial charge < -0.3 is 14.6 Å². The molecule has 0 amide bonds. The highest BCUT2D eigenvalue weighted by molar-refractivity contribution is 5.99. The first kappa shape index (κ1) is 23.5. The lowest BCUT2D eigenvalue weighted by Gasteiger charge is -2.14. The van der Waals surface area contributed by atoms with Crippen molar-refractivity contribution >= 4 is 5.78 Å². The van der Waals surface area contributed by atoms with Gasteiger partial charge in [0.05, 0.1) is 18.8 Å². The number of hydrogen-bond donors (Lipinski definition) is 1. The van der Waals surface area contributed by atoms with Gasteiger partial charge in [0.1, 0.15) is 11.5 Å². The Hall–Kier alpha value is -2.77. The molecular weight excluding hydrogens is 404 g/mol. The van der Waals surface area contributed by atoms with Crippen molar-refractivity contribution in [2.75, 3.05) is 13.2 Å². The summed E-state index contributed by atoms with van der Waals surface area (Å²) in [4.78, 5) is 12.2. The highest BCUT2D eigenvalue weighted by Crippen LogP contribution is 2.32. The molecule has 0 aliphatic carbocycles. The van der Waals surface area contributed by atoms with Gasteiger partial charge in [0, 0.05) is 18.1 Å². The third-order valence-electron chi connectivity index (χ3n) is 4.39. The van der Waals surface area contributed by atoms with Crippen LogP contribution in [0.25, 0.3) is 0 Å². The topological polar surface area (TPSA) is 55.8 Å². The minimum atomic E-state index is -1.58. The second kappa shape index (κ2) is 10.3. The predicted octanol–water partition coefficient (Wildman–Crippen LogP) is 5.72. The summed E-state index contributed by atoms with van der Waals surface area (Å²) in [5.41, 5.74) is 0.675. The van der Waals surface area contributed by atoms with Crippen molar-refractivity contribution in [2.45, 2.75) is 40.0 Å². The van der Waals surface area contributed by atoms with E-state index < -0.39 is 29.0 Å². The standard InChI is InChI=1S/C22H24F4O4/c1-12(2)10-17(27)14-6-7-18(13(3)21(14)28)29-8-4-5-9-30-22-19(25)15(23)11-16(24)20(22)26/h6-7,11-12,28H,4-5,8-10H2,1-3H3. The third-order valence-corrected chi connectivity index (χ3v) is 4.39. The largest absolute Gasteiger partial charge is 0.507 e. The van der Waals surface area contributed by atoms with Crippen LogP contribution in [-0.2, 0) is 0 Å². The monoisotopic (exact) mass is 428 g/mol. The number of hydrogen-bond acceptors (Lipinski definition) is 4. The summed E-state index contributed by atoms with van der Waals surface area (Å²) in [5, 5.41) is 10.3. The number of unbranched alkanes of at least 4 members (excludes halogenated alkanes) is 1. The summed E-state index contributed by atoms with van der Waals surface area (Å²) < 4.78 is 63.7. The van der Waals surface area contributed by atoms with Crippen LogP contribution < -0.4 is 9.47 Å². The summed E-state index contributed by atoms with van der Waals surface area (Å²) in [7, 11) is 0. The number of rotatable bonds is 10. The Balaban J connectivity index is 1.85. The highest BCUT2D eigenvalue weighted by atomic mass is 19.2. The zero-order valence-corrected chi connectivity index (χ0v) is 17.0. The SMILES string of the molecule is Cc1c(OCCCCOc2c(F)c(F)cc(F)c2F)ccc(C(=O)CC(C)C)c1O. The number of phenolic OH excluding ortho intramolecular Hbond substituents is 1. The van der Waals surface area contributed by atoms with E-state index in [-0.39, 0.29) is 42.3 Å². The number of Topliss-reactive ketones (excluding diaryl/α,β-unsaturated/α-hetero) is 1. The van der Waals surface area contributed by atoms with E-state index in [1.54, 1.807) is 13.0 Å². The number of aromatic hydroxyl groups is 1. The second-order valence-electron chi connectivity index (χ2n) is 7.31. The van der Waals surface area contributed by atoms with Crippen LogP contribution in [0.1, 0.15) is 49.0 Å². The first-order valence-electron chi connectivity index (χ1n) is 9.57. The van der Waals surface area contributed by atoms with Gasteiger partial charge in [-0.05, 0) is 37.8 Å². The van der Waals surface area contributed by atoms with Crippen LogP contribution in [0.4, 0.5) is 17.6 Å². The van der Waals surface area contributed by atoms with E-state index in [9.17, 15) is 27.5 Å². The maximum atomic E-state index is 13.5. The van der Waals surface area contributed by atoms with Gasteiger partial charge in [-0.25, -0.2) is 8.78 Å². The van der Waals surface area contributed by atoms with Gasteiger partial charge in [-0.3, -0.25) is 4.79 Å². The van der Waals surface area contributed by atoms with Gasteiger partial charge >= 0.3 is 0 Å². The number of carbonyl (C=O) groups is 1. The van der Waals surface area contributed by atoms with E-state index in [4.69, 9.17) is 9.47 Å². The van der Waals surface area contributed by atoms with E-state index in [2.05, 4.69) is 0 Å². The first-order valence-corrected chi connectivity index (χ1v) is 9.57. The molecule has 8 heteroatoms. The minimum Gasteiger partial charge on any atom is -0.507 e. The normalized spacial score (nSPS) is 11.1. The van der Waals surface area contributed by atoms with Gasteiger partial charge in [0.15, 0.2) is 23.2 Å². The first-order chi connectivity index (χ1) is 14.1. The maximum Gasteiger partial charge on any atom is 0.203 e. The van der Waals surface area contributed by atoms with E-state index in [1.807, 2.05) is 13.8 Å². The van der Waals surface area contributed by atoms with Gasteiger partial charge in [-0.2, -0.15) is 8.78 Å². The van der Waals surface area contributed by atoms with Crippen molar-refractivity contribution in [3.05, 3.63) is 52.6 Å². The van der Waals surface area contributed by atoms with Crippen LogP contribution in [-0.4, -0.2) is 24.1 Å². The molecule has 0 radical (unpaired) electrons. The number of ether oxygens (including phenoxy) is 2. The molecule has 0 aliphatic heterocycles. The summed E-state index contributed by atoms with van der Waals surface area (Å²) >= 11 is 0. The fourth-order valence-corrected chi connectivity index (χ4v) is 2.78. The van der Waals surface area contributed by atoms with Crippen molar-refractivity contribution < 1.29 is 36.9 Å². The van der Waals surface area contributed by atoms with Crippen molar-refractivity contribution in [1.29, 1.82) is 0 Å². The van der Waals surface area contributed by atoms with Crippen LogP contribution in [0, 0.1) is 36.1 Å². The van der Waals surface area contributed by atoms with E-state index in [0.717, 1.165) is 0 Å². The molecule has 0 bridgehead atoms. The van der Waals surface area contributed by atoms with E-state index >= 15 is 0 Å². The molecule has 0 unspecified atom stereocenters. The molecule has 30 heavy (non-hydrogen) atoms. The second-order valence-corrected chi connectivity index (χ2v) is 7.31. The fourth-order valence-electron chi connectivity index (χ4n) is 2.78. The van der Waals surface area contributed by atoms with Crippen molar-refractivity contribution in [3.63, 3.8) is 0 Å². The number of carbonyl (C=O) groups excluding carboxylic acids is 1. The molecule has 164 valence electrons. The van der Waals surface area contributed by atoms with Crippen molar-refractivity contribution in [2.24, 2.45) is 5.92 Å². The molecule has 0 saturated heterocycles. The zero-order chi connectivity index (χ0) is 22.4. The Kier molecular flexibility index (Phi) is 8.08. The van der Waals surface area contributed by atoms with Crippen LogP contribution >= 0.6 is 0 Å². The summed E-state index contributed by atoms with van der Waals surface area (Å²) in [6, 6.07) is 3.22. The number of halogens is 4. The molecule has 0 spiro atoms. The van der Waals surface area contributed by atoms with E-state index in [1.165, 1.54) is 6.07 Å². The van der Waals surface area contributed by atoms with Crippen LogP contribution in [0.5, 0.6) is 17.2 Å². The number of ketones is 1. The Morgan fingerprint density at radius 1 is 1.00 bits per heavy atom. The molecule has 2 aromatic carbocycles. The Bertz CT molecular complexity index is 886. The van der Waals surface area contributed by atoms with Crippen molar-refractivity contribution in [1.82, 2.24) is 0 Å². The number of benzene rings is 2. The predicted molar refractivity (Wildman–Crippen MR) is 103 cm³/mol. The quantitative estimate of drug-likeness (QED) is 0.227. The lowest BCUT2D eigenvalue weighted by atomic mass is 9.98. The fraction of sp³-hybridized carbons (Fsp3) is 0.409. The summed E-state index contributed by atoms with van der Waals surface area (Å²) in [6.45, 7) is 5.48. The van der Waals surface area contributed by atoms with Gasteiger partial charge in [0.25, 0.3) is 0 Å². The average Bonchev–Trinajstić information content (AvgIpc) is 2.67. The molecule has 0 aromatic heterocycles. The van der Waals surface area contributed by atoms with Gasteiger partial charge in [-0.1, -0.05) is 13.8 Å². The highest BCUT2D eigenvalue weighted by Gasteiger charge is 2.20. The molecule has 0 atom stereocenters. The molecule has 0 fully saturated rings. The molecule has 0 heterocycles. The smallest absolute Gasteiger partial charge is 0.203 e. The maximum absolute atomic E-state index is 13.5. The average molecular weight is 428 g/mol. The molecule has 2 rings (SSSR count). The molecular formula is C22H24F4O4. The molecule has 2 aromatic rings. The molecule has 1 N–H and O–H groups in total. The van der Waals surface area contributed by atoms with Gasteiger partial charge in [-0.15, -0.1) is 0 Å². The molecule has 0 aliphatic rings. The molecule has 4 nitrogen and oxygen atoms in total. The summed E-state index contributed by atoms with van der Waals surface area (Å²) in [5.74, 6) is -7.01.